The van der Waals surface area contributed by atoms with Gasteiger partial charge >= 0.3 is 0 Å². The van der Waals surface area contributed by atoms with Crippen LogP contribution in [-0.2, 0) is 19.0 Å². The smallest absolute Gasteiger partial charge is 0.229 e. The van der Waals surface area contributed by atoms with Crippen molar-refractivity contribution >= 4 is 5.91 Å². The first-order chi connectivity index (χ1) is 19.9. The largest absolute Gasteiger partial charge is 0.510 e. The van der Waals surface area contributed by atoms with Crippen LogP contribution in [0.5, 0.6) is 0 Å². The van der Waals surface area contributed by atoms with E-state index in [0.717, 1.165) is 6.08 Å². The van der Waals surface area contributed by atoms with E-state index >= 15 is 0 Å². The fourth-order valence-corrected chi connectivity index (χ4v) is 5.60. The Balaban J connectivity index is 1.92. The molecule has 0 saturated carbocycles. The Morgan fingerprint density at radius 2 is 1.79 bits per heavy atom. The van der Waals surface area contributed by atoms with Crippen molar-refractivity contribution in [1.82, 2.24) is 5.32 Å². The lowest BCUT2D eigenvalue weighted by Crippen LogP contribution is -2.62. The van der Waals surface area contributed by atoms with Crippen LogP contribution in [0.3, 0.4) is 0 Å². The zero-order valence-electron chi connectivity index (χ0n) is 25.3. The van der Waals surface area contributed by atoms with E-state index in [4.69, 9.17) is 19.9 Å². The van der Waals surface area contributed by atoms with Gasteiger partial charge in [-0.3, -0.25) is 4.79 Å². The van der Waals surface area contributed by atoms with Crippen LogP contribution >= 0.6 is 0 Å². The maximum Gasteiger partial charge on any atom is 0.229 e. The lowest BCUT2D eigenvalue weighted by molar-refractivity contribution is -0.307. The standard InChI is InChI=1S/C29H50N2O12/c1-12(2)6-7-15(42-28-26(38)22(30)24(36)14(5)41-28)8-20-21(27(39)31-23-16(32)9-17(33)25(23)37)19(35)11-29(40,43-20)10-18(34)13(3)4/h6-7,9,12-15,17-26,28,32-38,40H,8,10-11,30H2,1-5H3,(H,31,39)/b7-6+/t14?,15-,17?,18+,19-,20-,21+,22?,23?,24?,25?,26?,28?,29+/m0/s1. The highest BCUT2D eigenvalue weighted by Gasteiger charge is 2.51. The molecule has 0 aromatic heterocycles. The van der Waals surface area contributed by atoms with Gasteiger partial charge in [0.2, 0.25) is 5.91 Å². The second kappa shape index (κ2) is 14.6. The van der Waals surface area contributed by atoms with Crippen LogP contribution in [0.1, 0.15) is 53.9 Å². The van der Waals surface area contributed by atoms with Crippen molar-refractivity contribution in [1.29, 1.82) is 0 Å². The molecule has 0 aromatic carbocycles. The second-order valence-corrected chi connectivity index (χ2v) is 12.8. The predicted molar refractivity (Wildman–Crippen MR) is 152 cm³/mol. The van der Waals surface area contributed by atoms with Gasteiger partial charge in [-0.25, -0.2) is 0 Å². The average Bonchev–Trinajstić information content (AvgIpc) is 3.13. The number of aliphatic hydroxyl groups excluding tert-OH is 7. The van der Waals surface area contributed by atoms with E-state index in [0.29, 0.717) is 0 Å². The Bertz CT molecular complexity index is 995. The van der Waals surface area contributed by atoms with Crippen molar-refractivity contribution in [2.75, 3.05) is 0 Å². The molecule has 3 rings (SSSR count). The minimum atomic E-state index is -2.02. The first-order valence-corrected chi connectivity index (χ1v) is 14.9. The summed E-state index contributed by atoms with van der Waals surface area (Å²) in [6.07, 6.45) is -8.55. The van der Waals surface area contributed by atoms with Crippen LogP contribution in [0.2, 0.25) is 0 Å². The van der Waals surface area contributed by atoms with Crippen LogP contribution in [0.15, 0.2) is 24.0 Å². The summed E-state index contributed by atoms with van der Waals surface area (Å²) in [7, 11) is 0. The molecule has 0 spiro atoms. The summed E-state index contributed by atoms with van der Waals surface area (Å²) in [4.78, 5) is 13.5. The van der Waals surface area contributed by atoms with Crippen LogP contribution in [0.4, 0.5) is 0 Å². The van der Waals surface area contributed by atoms with Gasteiger partial charge in [0.15, 0.2) is 12.1 Å². The molecule has 0 radical (unpaired) electrons. The van der Waals surface area contributed by atoms with Crippen molar-refractivity contribution in [2.24, 2.45) is 23.5 Å². The molecule has 0 aromatic rings. The number of carbonyl (C=O) groups is 1. The number of hydrogen-bond donors (Lipinski definition) is 10. The van der Waals surface area contributed by atoms with E-state index in [2.05, 4.69) is 5.32 Å². The molecule has 14 atom stereocenters. The summed E-state index contributed by atoms with van der Waals surface area (Å²) in [6.45, 7) is 8.91. The van der Waals surface area contributed by atoms with E-state index < -0.39 is 103 Å². The monoisotopic (exact) mass is 618 g/mol. The minimum absolute atomic E-state index is 0.0615. The summed E-state index contributed by atoms with van der Waals surface area (Å²) in [5, 5.41) is 86.7. The highest BCUT2D eigenvalue weighted by Crippen LogP contribution is 2.38. The Morgan fingerprint density at radius 1 is 1.14 bits per heavy atom. The number of amides is 1. The van der Waals surface area contributed by atoms with Crippen molar-refractivity contribution in [2.45, 2.75) is 133 Å². The summed E-state index contributed by atoms with van der Waals surface area (Å²) in [6, 6.07) is -2.40. The maximum atomic E-state index is 13.5. The van der Waals surface area contributed by atoms with Gasteiger partial charge in [-0.2, -0.15) is 0 Å². The van der Waals surface area contributed by atoms with Crippen LogP contribution in [0, 0.1) is 17.8 Å². The van der Waals surface area contributed by atoms with Gasteiger partial charge in [-0.1, -0.05) is 39.8 Å². The predicted octanol–water partition coefficient (Wildman–Crippen LogP) is -1.71. The highest BCUT2D eigenvalue weighted by molar-refractivity contribution is 5.81. The number of aliphatic hydroxyl groups is 8. The molecule has 43 heavy (non-hydrogen) atoms. The average molecular weight is 619 g/mol. The van der Waals surface area contributed by atoms with Crippen LogP contribution < -0.4 is 11.1 Å². The normalized spacial score (nSPS) is 41.9. The third-order valence-corrected chi connectivity index (χ3v) is 8.35. The highest BCUT2D eigenvalue weighted by atomic mass is 16.7. The first kappa shape index (κ1) is 35.8. The number of hydrogen-bond acceptors (Lipinski definition) is 13. The zero-order valence-corrected chi connectivity index (χ0v) is 25.3. The molecule has 2 aliphatic heterocycles. The van der Waals surface area contributed by atoms with E-state index in [9.17, 15) is 45.6 Å². The molecule has 14 nitrogen and oxygen atoms in total. The van der Waals surface area contributed by atoms with Gasteiger partial charge < -0.3 is 66.1 Å². The fraction of sp³-hybridized carbons (Fsp3) is 0.828. The van der Waals surface area contributed by atoms with E-state index in [1.54, 1.807) is 32.9 Å². The molecular formula is C29H50N2O12. The maximum absolute atomic E-state index is 13.5. The fourth-order valence-electron chi connectivity index (χ4n) is 5.60. The Kier molecular flexibility index (Phi) is 12.2. The van der Waals surface area contributed by atoms with Crippen molar-refractivity contribution in [3.8, 4) is 0 Å². The Hall–Kier alpha value is -1.69. The zero-order chi connectivity index (χ0) is 32.4. The van der Waals surface area contributed by atoms with Crippen LogP contribution in [0.25, 0.3) is 0 Å². The lowest BCUT2D eigenvalue weighted by Gasteiger charge is -2.46. The van der Waals surface area contributed by atoms with Gasteiger partial charge in [0.25, 0.3) is 0 Å². The number of allylic oxidation sites excluding steroid dienone is 1. The van der Waals surface area contributed by atoms with E-state index in [1.165, 1.54) is 0 Å². The molecule has 11 N–H and O–H groups in total. The Morgan fingerprint density at radius 3 is 2.35 bits per heavy atom. The summed E-state index contributed by atoms with van der Waals surface area (Å²) < 4.78 is 17.8. The van der Waals surface area contributed by atoms with Gasteiger partial charge in [0.05, 0.1) is 48.6 Å². The van der Waals surface area contributed by atoms with E-state index in [1.807, 2.05) is 13.8 Å². The molecule has 14 heteroatoms. The number of nitrogens with one attached hydrogen (secondary N) is 1. The van der Waals surface area contributed by atoms with Crippen molar-refractivity contribution in [3.63, 3.8) is 0 Å². The third-order valence-electron chi connectivity index (χ3n) is 8.35. The molecule has 3 aliphatic rings. The number of nitrogens with two attached hydrogens (primary N) is 1. The summed E-state index contributed by atoms with van der Waals surface area (Å²) >= 11 is 0. The van der Waals surface area contributed by atoms with Gasteiger partial charge in [-0.15, -0.1) is 0 Å². The summed E-state index contributed by atoms with van der Waals surface area (Å²) in [5.74, 6) is -4.85. The molecule has 248 valence electrons. The first-order valence-electron chi connectivity index (χ1n) is 14.9. The number of ether oxygens (including phenoxy) is 3. The molecular weight excluding hydrogens is 568 g/mol. The summed E-state index contributed by atoms with van der Waals surface area (Å²) in [5.41, 5.74) is 5.97. The molecule has 0 bridgehead atoms. The molecule has 2 saturated heterocycles. The van der Waals surface area contributed by atoms with Gasteiger partial charge in [0.1, 0.15) is 30.1 Å². The number of rotatable bonds is 11. The van der Waals surface area contributed by atoms with Crippen LogP contribution in [-0.4, -0.2) is 126 Å². The van der Waals surface area contributed by atoms with Gasteiger partial charge in [0, 0.05) is 19.3 Å². The lowest BCUT2D eigenvalue weighted by atomic mass is 9.81. The Labute approximate surface area is 251 Å². The molecule has 2 heterocycles. The van der Waals surface area contributed by atoms with Crippen molar-refractivity contribution in [3.05, 3.63) is 24.0 Å². The third kappa shape index (κ3) is 8.73. The molecule has 8 unspecified atom stereocenters. The quantitative estimate of drug-likeness (QED) is 0.116. The topological polar surface area (TPSA) is 245 Å². The molecule has 2 fully saturated rings. The molecule has 1 aliphatic carbocycles. The van der Waals surface area contributed by atoms with Crippen molar-refractivity contribution < 1.29 is 59.9 Å². The number of carbonyl (C=O) groups excluding carboxylic acids is 1. The van der Waals surface area contributed by atoms with E-state index in [-0.39, 0.29) is 24.7 Å². The minimum Gasteiger partial charge on any atom is -0.510 e. The SMILES string of the molecule is CC(C)/C=C/[C@@H](C[C@@H]1O[C@](O)(C[C@@H](O)C(C)C)C[C@H](O)[C@H]1C(=O)NC1C(O)=CC(O)C1O)OC1OC(C)C(O)C(N)C1O. The van der Waals surface area contributed by atoms with Gasteiger partial charge in [-0.05, 0) is 24.8 Å². The molecule has 1 amide bonds. The second-order valence-electron chi connectivity index (χ2n) is 12.8.